The Morgan fingerprint density at radius 1 is 1.18 bits per heavy atom. The summed E-state index contributed by atoms with van der Waals surface area (Å²) in [5.74, 6) is 0.507. The molecule has 1 amide bonds. The van der Waals surface area contributed by atoms with Crippen LogP contribution in [0.3, 0.4) is 0 Å². The summed E-state index contributed by atoms with van der Waals surface area (Å²) < 4.78 is 5.84. The van der Waals surface area contributed by atoms with E-state index < -0.39 is 0 Å². The highest BCUT2D eigenvalue weighted by Gasteiger charge is 2.29. The van der Waals surface area contributed by atoms with Crippen LogP contribution in [0.4, 0.5) is 5.69 Å². The Labute approximate surface area is 166 Å². The fourth-order valence-corrected chi connectivity index (χ4v) is 4.35. The molecular formula is C21H18N4O2S. The zero-order valence-electron chi connectivity index (χ0n) is 15.3. The second kappa shape index (κ2) is 6.83. The Bertz CT molecular complexity index is 1170. The molecule has 1 unspecified atom stereocenters. The number of rotatable bonds is 4. The number of amides is 1. The number of nitrogens with one attached hydrogen (secondary N) is 1. The number of nitrogens with zero attached hydrogens (tertiary/aromatic N) is 3. The summed E-state index contributed by atoms with van der Waals surface area (Å²) in [5.41, 5.74) is 4.10. The van der Waals surface area contributed by atoms with Crippen LogP contribution < -0.4 is 4.90 Å². The SMILES string of the molecule is CC(Sc1nnc(-c2c[nH]c3ccccc23)o1)C(=O)N1CCc2ccccc21. The zero-order valence-corrected chi connectivity index (χ0v) is 16.1. The highest BCUT2D eigenvalue weighted by molar-refractivity contribution is 8.00. The smallest absolute Gasteiger partial charge is 0.277 e. The third-order valence-corrected chi connectivity index (χ3v) is 5.93. The van der Waals surface area contributed by atoms with Crippen LogP contribution in [0.2, 0.25) is 0 Å². The van der Waals surface area contributed by atoms with E-state index in [1.165, 1.54) is 17.3 Å². The first-order valence-electron chi connectivity index (χ1n) is 9.16. The van der Waals surface area contributed by atoms with E-state index in [0.717, 1.165) is 28.6 Å². The van der Waals surface area contributed by atoms with Gasteiger partial charge in [0.05, 0.1) is 10.8 Å². The first-order chi connectivity index (χ1) is 13.7. The molecule has 1 atom stereocenters. The van der Waals surface area contributed by atoms with Gasteiger partial charge in [0.25, 0.3) is 11.1 Å². The molecule has 0 aliphatic carbocycles. The van der Waals surface area contributed by atoms with Crippen molar-refractivity contribution in [2.45, 2.75) is 23.8 Å². The number of thioether (sulfide) groups is 1. The van der Waals surface area contributed by atoms with Crippen LogP contribution in [0.5, 0.6) is 0 Å². The number of fused-ring (bicyclic) bond motifs is 2. The molecular weight excluding hydrogens is 372 g/mol. The Kier molecular flexibility index (Phi) is 4.16. The van der Waals surface area contributed by atoms with Gasteiger partial charge in [0.1, 0.15) is 0 Å². The number of carbonyl (C=O) groups excluding carboxylic acids is 1. The number of H-pyrrole nitrogens is 1. The van der Waals surface area contributed by atoms with Crippen LogP contribution in [0.1, 0.15) is 12.5 Å². The molecule has 0 saturated heterocycles. The fraction of sp³-hybridized carbons (Fsp3) is 0.190. The summed E-state index contributed by atoms with van der Waals surface area (Å²) in [6, 6.07) is 16.0. The van der Waals surface area contributed by atoms with Crippen molar-refractivity contribution in [2.75, 3.05) is 11.4 Å². The van der Waals surface area contributed by atoms with Crippen LogP contribution in [-0.2, 0) is 11.2 Å². The molecule has 140 valence electrons. The quantitative estimate of drug-likeness (QED) is 0.526. The van der Waals surface area contributed by atoms with Gasteiger partial charge in [-0.3, -0.25) is 4.79 Å². The maximum Gasteiger partial charge on any atom is 0.277 e. The summed E-state index contributed by atoms with van der Waals surface area (Å²) in [7, 11) is 0. The number of anilines is 1. The van der Waals surface area contributed by atoms with Crippen LogP contribution in [0.15, 0.2) is 64.4 Å². The van der Waals surface area contributed by atoms with E-state index >= 15 is 0 Å². The molecule has 0 fully saturated rings. The molecule has 3 heterocycles. The van der Waals surface area contributed by atoms with Crippen LogP contribution in [-0.4, -0.2) is 32.9 Å². The maximum atomic E-state index is 12.9. The summed E-state index contributed by atoms with van der Waals surface area (Å²) in [6.45, 7) is 2.59. The van der Waals surface area contributed by atoms with E-state index in [1.54, 1.807) is 0 Å². The maximum absolute atomic E-state index is 12.9. The minimum atomic E-state index is -0.317. The third-order valence-electron chi connectivity index (χ3n) is 5.00. The van der Waals surface area contributed by atoms with Gasteiger partial charge in [-0.1, -0.05) is 48.2 Å². The summed E-state index contributed by atoms with van der Waals surface area (Å²) in [6.07, 6.45) is 2.76. The Morgan fingerprint density at radius 2 is 2.00 bits per heavy atom. The van der Waals surface area contributed by atoms with Gasteiger partial charge in [-0.05, 0) is 31.0 Å². The molecule has 0 bridgehead atoms. The van der Waals surface area contributed by atoms with Gasteiger partial charge in [-0.2, -0.15) is 0 Å². The molecule has 2 aromatic heterocycles. The normalized spacial score (nSPS) is 14.4. The Balaban J connectivity index is 1.34. The topological polar surface area (TPSA) is 75.0 Å². The van der Waals surface area contributed by atoms with Gasteiger partial charge < -0.3 is 14.3 Å². The predicted molar refractivity (Wildman–Crippen MR) is 109 cm³/mol. The Hall–Kier alpha value is -3.06. The number of aromatic amines is 1. The highest BCUT2D eigenvalue weighted by Crippen LogP contribution is 2.33. The van der Waals surface area contributed by atoms with Crippen LogP contribution >= 0.6 is 11.8 Å². The lowest BCUT2D eigenvalue weighted by molar-refractivity contribution is -0.117. The molecule has 28 heavy (non-hydrogen) atoms. The molecule has 0 saturated carbocycles. The predicted octanol–water partition coefficient (Wildman–Crippen LogP) is 4.29. The number of para-hydroxylation sites is 2. The molecule has 5 rings (SSSR count). The summed E-state index contributed by atoms with van der Waals surface area (Å²) in [4.78, 5) is 18.0. The first kappa shape index (κ1) is 17.1. The fourth-order valence-electron chi connectivity index (χ4n) is 3.60. The lowest BCUT2D eigenvalue weighted by atomic mass is 10.2. The van der Waals surface area contributed by atoms with Crippen molar-refractivity contribution in [3.05, 3.63) is 60.3 Å². The van der Waals surface area contributed by atoms with E-state index in [-0.39, 0.29) is 11.2 Å². The van der Waals surface area contributed by atoms with E-state index in [9.17, 15) is 4.79 Å². The largest absolute Gasteiger partial charge is 0.411 e. The zero-order chi connectivity index (χ0) is 19.1. The van der Waals surface area contributed by atoms with Crippen molar-refractivity contribution in [3.63, 3.8) is 0 Å². The Morgan fingerprint density at radius 3 is 2.93 bits per heavy atom. The lowest BCUT2D eigenvalue weighted by Crippen LogP contribution is -2.35. The van der Waals surface area contributed by atoms with Crippen molar-refractivity contribution in [2.24, 2.45) is 0 Å². The lowest BCUT2D eigenvalue weighted by Gasteiger charge is -2.20. The molecule has 2 aromatic carbocycles. The van der Waals surface area contributed by atoms with Crippen LogP contribution in [0, 0.1) is 0 Å². The second-order valence-electron chi connectivity index (χ2n) is 6.75. The van der Waals surface area contributed by atoms with Gasteiger partial charge in [0, 0.05) is 29.3 Å². The van der Waals surface area contributed by atoms with Gasteiger partial charge in [-0.15, -0.1) is 10.2 Å². The highest BCUT2D eigenvalue weighted by atomic mass is 32.2. The van der Waals surface area contributed by atoms with Crippen molar-refractivity contribution >= 4 is 34.3 Å². The standard InChI is InChI=1S/C21H18N4O2S/c1-13(20(26)25-11-10-14-6-2-5-9-18(14)25)28-21-24-23-19(27-21)16-12-22-17-8-4-3-7-15(16)17/h2-9,12-13,22H,10-11H2,1H3. The van der Waals surface area contributed by atoms with Crippen molar-refractivity contribution in [3.8, 4) is 11.5 Å². The van der Waals surface area contributed by atoms with Gasteiger partial charge in [0.2, 0.25) is 5.91 Å². The monoisotopic (exact) mass is 390 g/mol. The number of benzene rings is 2. The van der Waals surface area contributed by atoms with Gasteiger partial charge in [-0.25, -0.2) is 0 Å². The minimum absolute atomic E-state index is 0.0572. The van der Waals surface area contributed by atoms with Gasteiger partial charge in [0.15, 0.2) is 0 Å². The minimum Gasteiger partial charge on any atom is -0.411 e. The van der Waals surface area contributed by atoms with E-state index in [1.807, 2.05) is 60.5 Å². The molecule has 1 aliphatic rings. The average Bonchev–Trinajstić information content (AvgIpc) is 3.45. The molecule has 1 N–H and O–H groups in total. The molecule has 0 radical (unpaired) electrons. The molecule has 0 spiro atoms. The number of hydrogen-bond donors (Lipinski definition) is 1. The second-order valence-corrected chi connectivity index (χ2v) is 8.04. The molecule has 7 heteroatoms. The van der Waals surface area contributed by atoms with Crippen LogP contribution in [0.25, 0.3) is 22.4 Å². The number of hydrogen-bond acceptors (Lipinski definition) is 5. The van der Waals surface area contributed by atoms with Gasteiger partial charge >= 0.3 is 0 Å². The third kappa shape index (κ3) is 2.88. The molecule has 4 aromatic rings. The average molecular weight is 390 g/mol. The van der Waals surface area contributed by atoms with Crippen molar-refractivity contribution in [1.82, 2.24) is 15.2 Å². The number of carbonyl (C=O) groups is 1. The van der Waals surface area contributed by atoms with Crippen molar-refractivity contribution in [1.29, 1.82) is 0 Å². The van der Waals surface area contributed by atoms with Crippen molar-refractivity contribution < 1.29 is 9.21 Å². The van der Waals surface area contributed by atoms with E-state index in [2.05, 4.69) is 21.2 Å². The number of aromatic nitrogens is 3. The summed E-state index contributed by atoms with van der Waals surface area (Å²) in [5, 5.41) is 9.41. The summed E-state index contributed by atoms with van der Waals surface area (Å²) >= 11 is 1.29. The van der Waals surface area contributed by atoms with E-state index in [4.69, 9.17) is 4.42 Å². The molecule has 6 nitrogen and oxygen atoms in total. The van der Waals surface area contributed by atoms with E-state index in [0.29, 0.717) is 17.7 Å². The molecule has 1 aliphatic heterocycles. The first-order valence-corrected chi connectivity index (χ1v) is 10.0.